The molecule has 0 saturated carbocycles. The number of aromatic amines is 1. The van der Waals surface area contributed by atoms with Crippen molar-refractivity contribution >= 4 is 0 Å². The van der Waals surface area contributed by atoms with Gasteiger partial charge in [0.05, 0.1) is 6.61 Å². The van der Waals surface area contributed by atoms with Gasteiger partial charge in [0.1, 0.15) is 18.5 Å². The van der Waals surface area contributed by atoms with E-state index in [1.54, 1.807) is 0 Å². The maximum absolute atomic E-state index is 13.1. The molecule has 1 saturated heterocycles. The van der Waals surface area contributed by atoms with E-state index in [2.05, 4.69) is 4.98 Å². The summed E-state index contributed by atoms with van der Waals surface area (Å²) in [6.45, 7) is 2.35. The van der Waals surface area contributed by atoms with E-state index < -0.39 is 41.8 Å². The largest absolute Gasteiger partial charge is 0.393 e. The highest BCUT2D eigenvalue weighted by molar-refractivity contribution is 4.99. The number of aliphatic hydroxyl groups is 1. The van der Waals surface area contributed by atoms with Crippen molar-refractivity contribution in [3.63, 3.8) is 0 Å². The van der Waals surface area contributed by atoms with Crippen LogP contribution in [-0.4, -0.2) is 33.5 Å². The lowest BCUT2D eigenvalue weighted by atomic mass is 9.83. The molecule has 1 aromatic heterocycles. The molecule has 0 radical (unpaired) electrons. The van der Waals surface area contributed by atoms with Crippen molar-refractivity contribution in [3.8, 4) is 0 Å². The first kappa shape index (κ1) is 14.0. The van der Waals surface area contributed by atoms with Gasteiger partial charge in [-0.05, 0) is 6.42 Å². The van der Waals surface area contributed by atoms with E-state index in [0.29, 0.717) is 0 Å². The summed E-state index contributed by atoms with van der Waals surface area (Å²) in [6, 6.07) is 1.20. The van der Waals surface area contributed by atoms with E-state index in [9.17, 15) is 19.1 Å². The molecule has 0 aliphatic carbocycles. The minimum absolute atomic E-state index is 0.281. The number of halogens is 1. The number of nitrogens with one attached hydrogen (secondary N) is 1. The van der Waals surface area contributed by atoms with Gasteiger partial charge in [-0.3, -0.25) is 14.3 Å². The fourth-order valence-corrected chi connectivity index (χ4v) is 2.62. The minimum Gasteiger partial charge on any atom is -0.393 e. The summed E-state index contributed by atoms with van der Waals surface area (Å²) in [5.74, 6) is 0. The van der Waals surface area contributed by atoms with Crippen LogP contribution < -0.4 is 11.2 Å². The monoisotopic (exact) mass is 272 g/mol. The predicted molar refractivity (Wildman–Crippen MR) is 65.6 cm³/mol. The SMILES string of the molecule is CC1(C)C[C@](CO)(CF)O[C@H]1n1ccc(=O)[nH]c1=O. The Balaban J connectivity index is 2.45. The summed E-state index contributed by atoms with van der Waals surface area (Å²) in [4.78, 5) is 25.0. The first-order valence-electron chi connectivity index (χ1n) is 6.00. The molecule has 0 aromatic carbocycles. The Morgan fingerprint density at radius 1 is 1.58 bits per heavy atom. The highest BCUT2D eigenvalue weighted by Crippen LogP contribution is 2.49. The van der Waals surface area contributed by atoms with Gasteiger partial charge >= 0.3 is 5.69 Å². The molecule has 6 nitrogen and oxygen atoms in total. The lowest BCUT2D eigenvalue weighted by molar-refractivity contribution is -0.119. The molecule has 2 heterocycles. The molecule has 2 atom stereocenters. The number of H-pyrrole nitrogens is 1. The number of aromatic nitrogens is 2. The quantitative estimate of drug-likeness (QED) is 0.822. The molecule has 0 amide bonds. The van der Waals surface area contributed by atoms with Gasteiger partial charge in [-0.2, -0.15) is 0 Å². The van der Waals surface area contributed by atoms with Crippen molar-refractivity contribution < 1.29 is 14.2 Å². The predicted octanol–water partition coefficient (Wildman–Crippen LogP) is 0.182. The maximum Gasteiger partial charge on any atom is 0.330 e. The fraction of sp³-hybridized carbons (Fsp3) is 0.667. The number of hydrogen-bond acceptors (Lipinski definition) is 4. The molecule has 1 fully saturated rings. The smallest absolute Gasteiger partial charge is 0.330 e. The minimum atomic E-state index is -1.29. The molecule has 2 N–H and O–H groups in total. The van der Waals surface area contributed by atoms with E-state index in [1.807, 2.05) is 13.8 Å². The van der Waals surface area contributed by atoms with Crippen LogP contribution in [0.15, 0.2) is 21.9 Å². The van der Waals surface area contributed by atoms with Crippen molar-refractivity contribution in [2.75, 3.05) is 13.3 Å². The number of rotatable bonds is 3. The third-order valence-corrected chi connectivity index (χ3v) is 3.44. The van der Waals surface area contributed by atoms with Crippen LogP contribution in [0.2, 0.25) is 0 Å². The van der Waals surface area contributed by atoms with Crippen molar-refractivity contribution in [2.24, 2.45) is 5.41 Å². The molecule has 1 aliphatic rings. The van der Waals surface area contributed by atoms with Crippen LogP contribution in [-0.2, 0) is 4.74 Å². The van der Waals surface area contributed by atoms with Gasteiger partial charge in [0, 0.05) is 17.7 Å². The van der Waals surface area contributed by atoms with Gasteiger partial charge in [0.15, 0.2) is 0 Å². The van der Waals surface area contributed by atoms with E-state index in [1.165, 1.54) is 16.8 Å². The molecule has 1 aromatic rings. The Bertz CT molecular complexity index is 574. The van der Waals surface area contributed by atoms with E-state index in [0.717, 1.165) is 0 Å². The summed E-state index contributed by atoms with van der Waals surface area (Å²) in [6.07, 6.45) is 0.863. The molecule has 0 bridgehead atoms. The second kappa shape index (κ2) is 4.57. The van der Waals surface area contributed by atoms with Gasteiger partial charge in [-0.25, -0.2) is 9.18 Å². The first-order chi connectivity index (χ1) is 8.83. The van der Waals surface area contributed by atoms with Crippen molar-refractivity contribution in [1.29, 1.82) is 0 Å². The molecule has 0 unspecified atom stereocenters. The molecule has 0 spiro atoms. The number of aliphatic hydroxyl groups excluding tert-OH is 1. The van der Waals surface area contributed by atoms with E-state index >= 15 is 0 Å². The fourth-order valence-electron chi connectivity index (χ4n) is 2.62. The highest BCUT2D eigenvalue weighted by Gasteiger charge is 2.52. The Kier molecular flexibility index (Phi) is 3.36. The standard InChI is InChI=1S/C12H17FN2O4/c1-11(2)5-12(6-13,7-16)19-9(11)15-4-3-8(17)14-10(15)18/h3-4,9,16H,5-7H2,1-2H3,(H,14,17,18)/t9-,12-/m1/s1. The Labute approximate surface area is 108 Å². The van der Waals surface area contributed by atoms with Crippen LogP contribution in [0.4, 0.5) is 4.39 Å². The lowest BCUT2D eigenvalue weighted by Gasteiger charge is -2.26. The second-order valence-corrected chi connectivity index (χ2v) is 5.63. The summed E-state index contributed by atoms with van der Waals surface area (Å²) >= 11 is 0. The Morgan fingerprint density at radius 3 is 2.74 bits per heavy atom. The van der Waals surface area contributed by atoms with Crippen molar-refractivity contribution in [2.45, 2.75) is 32.1 Å². The molecule has 19 heavy (non-hydrogen) atoms. The van der Waals surface area contributed by atoms with Crippen LogP contribution in [0, 0.1) is 5.41 Å². The molecule has 2 rings (SSSR count). The lowest BCUT2D eigenvalue weighted by Crippen LogP contribution is -2.38. The molecule has 7 heteroatoms. The summed E-state index contributed by atoms with van der Waals surface area (Å²) < 4.78 is 19.9. The van der Waals surface area contributed by atoms with Crippen LogP contribution in [0.1, 0.15) is 26.5 Å². The topological polar surface area (TPSA) is 84.3 Å². The maximum atomic E-state index is 13.1. The Morgan fingerprint density at radius 2 is 2.26 bits per heavy atom. The van der Waals surface area contributed by atoms with Gasteiger partial charge in [-0.1, -0.05) is 13.8 Å². The number of alkyl halides is 1. The average molecular weight is 272 g/mol. The van der Waals surface area contributed by atoms with Gasteiger partial charge in [0.2, 0.25) is 0 Å². The average Bonchev–Trinajstić information content (AvgIpc) is 2.62. The number of hydrogen-bond donors (Lipinski definition) is 2. The summed E-state index contributed by atoms with van der Waals surface area (Å²) in [5, 5.41) is 9.32. The van der Waals surface area contributed by atoms with Gasteiger partial charge in [-0.15, -0.1) is 0 Å². The zero-order valence-corrected chi connectivity index (χ0v) is 10.9. The molecule has 1 aliphatic heterocycles. The second-order valence-electron chi connectivity index (χ2n) is 5.63. The Hall–Kier alpha value is -1.47. The summed E-state index contributed by atoms with van der Waals surface area (Å²) in [7, 11) is 0. The van der Waals surface area contributed by atoms with Crippen LogP contribution >= 0.6 is 0 Å². The number of ether oxygens (including phenoxy) is 1. The molecular weight excluding hydrogens is 255 g/mol. The zero-order chi connectivity index (χ0) is 14.3. The normalized spacial score (nSPS) is 29.6. The van der Waals surface area contributed by atoms with Gasteiger partial charge in [0.25, 0.3) is 5.56 Å². The van der Waals surface area contributed by atoms with Gasteiger partial charge < -0.3 is 9.84 Å². The summed E-state index contributed by atoms with van der Waals surface area (Å²) in [5.41, 5.74) is -2.95. The van der Waals surface area contributed by atoms with Crippen LogP contribution in [0.25, 0.3) is 0 Å². The van der Waals surface area contributed by atoms with Crippen LogP contribution in [0.5, 0.6) is 0 Å². The third-order valence-electron chi connectivity index (χ3n) is 3.44. The molecular formula is C12H17FN2O4. The highest BCUT2D eigenvalue weighted by atomic mass is 19.1. The van der Waals surface area contributed by atoms with Crippen LogP contribution in [0.3, 0.4) is 0 Å². The zero-order valence-electron chi connectivity index (χ0n) is 10.9. The third kappa shape index (κ3) is 2.35. The first-order valence-corrected chi connectivity index (χ1v) is 6.00. The van der Waals surface area contributed by atoms with E-state index in [-0.39, 0.29) is 6.42 Å². The van der Waals surface area contributed by atoms with Crippen molar-refractivity contribution in [1.82, 2.24) is 9.55 Å². The van der Waals surface area contributed by atoms with Crippen molar-refractivity contribution in [3.05, 3.63) is 33.1 Å². The number of nitrogens with zero attached hydrogens (tertiary/aromatic N) is 1. The van der Waals surface area contributed by atoms with E-state index in [4.69, 9.17) is 4.74 Å². The molecule has 106 valence electrons.